The second-order valence-corrected chi connectivity index (χ2v) is 8.98. The van der Waals surface area contributed by atoms with Crippen molar-refractivity contribution in [2.75, 3.05) is 5.73 Å². The van der Waals surface area contributed by atoms with Crippen LogP contribution in [0.5, 0.6) is 0 Å². The molecule has 0 spiro atoms. The van der Waals surface area contributed by atoms with E-state index < -0.39 is 21.1 Å². The summed E-state index contributed by atoms with van der Waals surface area (Å²) in [4.78, 5) is 8.23. The summed E-state index contributed by atoms with van der Waals surface area (Å²) in [7, 11) is -4.03. The highest BCUT2D eigenvalue weighted by molar-refractivity contribution is 7.89. The minimum absolute atomic E-state index is 0.174. The van der Waals surface area contributed by atoms with Gasteiger partial charge < -0.3 is 10.3 Å². The molecule has 0 radical (unpaired) electrons. The van der Waals surface area contributed by atoms with Crippen molar-refractivity contribution >= 4 is 37.8 Å². The first-order valence-electron chi connectivity index (χ1n) is 8.61. The number of benzene rings is 2. The lowest BCUT2D eigenvalue weighted by molar-refractivity contribution is 0.537. The van der Waals surface area contributed by atoms with Crippen molar-refractivity contribution in [2.45, 2.75) is 9.79 Å². The standard InChI is InChI=1S/C20H16N4O4S2/c21-20-19(30(22,27)28)10-14(11-24-20)12-4-5-18-17(9-12)16(6-7-23-18)13-2-1-3-15(8-13)29(25)26/h1-11H,(H2,21,24)(H,25,26)(H2,22,27,28)/p-1. The summed E-state index contributed by atoms with van der Waals surface area (Å²) in [6.45, 7) is 0. The molecule has 0 aliphatic carbocycles. The summed E-state index contributed by atoms with van der Waals surface area (Å²) in [6, 6.07) is 15.1. The first kappa shape index (κ1) is 20.1. The number of pyridine rings is 2. The highest BCUT2D eigenvalue weighted by Gasteiger charge is 2.15. The van der Waals surface area contributed by atoms with Crippen molar-refractivity contribution in [3.8, 4) is 22.3 Å². The van der Waals surface area contributed by atoms with Crippen LogP contribution < -0.4 is 10.9 Å². The van der Waals surface area contributed by atoms with Crippen LogP contribution in [0.15, 0.2) is 76.8 Å². The molecule has 152 valence electrons. The molecule has 1 atom stereocenters. The molecule has 4 aromatic rings. The molecule has 0 amide bonds. The molecule has 4 rings (SSSR count). The lowest BCUT2D eigenvalue weighted by Gasteiger charge is -2.12. The molecule has 8 nitrogen and oxygen atoms in total. The van der Waals surface area contributed by atoms with E-state index in [1.54, 1.807) is 36.5 Å². The van der Waals surface area contributed by atoms with Gasteiger partial charge in [0.05, 0.1) is 5.52 Å². The van der Waals surface area contributed by atoms with Crippen LogP contribution in [0.25, 0.3) is 33.2 Å². The predicted molar refractivity (Wildman–Crippen MR) is 113 cm³/mol. The number of nitrogen functional groups attached to an aromatic ring is 1. The van der Waals surface area contributed by atoms with Crippen LogP contribution in [0, 0.1) is 0 Å². The van der Waals surface area contributed by atoms with Gasteiger partial charge in [0.2, 0.25) is 10.0 Å². The topological polar surface area (TPSA) is 152 Å². The SMILES string of the molecule is Nc1ncc(-c2ccc3nccc(-c4cccc(S(=O)[O-])c4)c3c2)cc1S(N)(=O)=O. The lowest BCUT2D eigenvalue weighted by Crippen LogP contribution is -2.15. The number of sulfonamides is 1. The van der Waals surface area contributed by atoms with Crippen molar-refractivity contribution in [1.82, 2.24) is 9.97 Å². The average Bonchev–Trinajstić information content (AvgIpc) is 2.72. The van der Waals surface area contributed by atoms with Gasteiger partial charge in [0.1, 0.15) is 10.7 Å². The summed E-state index contributed by atoms with van der Waals surface area (Å²) in [6.07, 6.45) is 3.10. The number of nitrogens with two attached hydrogens (primary N) is 2. The Balaban J connectivity index is 1.91. The number of hydrogen-bond donors (Lipinski definition) is 2. The largest absolute Gasteiger partial charge is 0.768 e. The summed E-state index contributed by atoms with van der Waals surface area (Å²) >= 11 is -2.35. The maximum Gasteiger partial charge on any atom is 0.241 e. The molecule has 1 unspecified atom stereocenters. The maximum absolute atomic E-state index is 11.8. The Bertz CT molecular complexity index is 1420. The van der Waals surface area contributed by atoms with Crippen molar-refractivity contribution in [2.24, 2.45) is 5.14 Å². The zero-order chi connectivity index (χ0) is 21.5. The van der Waals surface area contributed by atoms with E-state index in [1.165, 1.54) is 18.3 Å². The van der Waals surface area contributed by atoms with Gasteiger partial charge in [0, 0.05) is 28.2 Å². The van der Waals surface area contributed by atoms with E-state index in [4.69, 9.17) is 10.9 Å². The van der Waals surface area contributed by atoms with Crippen LogP contribution in [-0.2, 0) is 21.1 Å². The molecule has 0 aliphatic rings. The van der Waals surface area contributed by atoms with E-state index in [9.17, 15) is 17.2 Å². The van der Waals surface area contributed by atoms with Crippen molar-refractivity contribution in [3.05, 3.63) is 67.0 Å². The molecule has 0 saturated carbocycles. The molecule has 0 aliphatic heterocycles. The number of anilines is 1. The number of fused-ring (bicyclic) bond motifs is 1. The van der Waals surface area contributed by atoms with Gasteiger partial charge in [-0.05, 0) is 64.2 Å². The molecular formula is C20H15N4O4S2-. The third-order valence-electron chi connectivity index (χ3n) is 4.60. The summed E-state index contributed by atoms with van der Waals surface area (Å²) in [5.41, 5.74) is 9.03. The van der Waals surface area contributed by atoms with Crippen LogP contribution in [0.4, 0.5) is 5.82 Å². The number of rotatable bonds is 4. The molecule has 0 saturated heterocycles. The number of aromatic nitrogens is 2. The molecule has 0 fully saturated rings. The van der Waals surface area contributed by atoms with Gasteiger partial charge in [-0.2, -0.15) is 0 Å². The minimum Gasteiger partial charge on any atom is -0.768 e. The Kier molecular flexibility index (Phi) is 5.08. The summed E-state index contributed by atoms with van der Waals surface area (Å²) in [5, 5.41) is 5.99. The van der Waals surface area contributed by atoms with Crippen LogP contribution in [-0.4, -0.2) is 27.1 Å². The van der Waals surface area contributed by atoms with Crippen LogP contribution in [0.2, 0.25) is 0 Å². The second-order valence-electron chi connectivity index (χ2n) is 6.51. The number of primary sulfonamides is 1. The van der Waals surface area contributed by atoms with E-state index in [0.29, 0.717) is 22.2 Å². The van der Waals surface area contributed by atoms with Gasteiger partial charge in [0.25, 0.3) is 0 Å². The maximum atomic E-state index is 11.8. The van der Waals surface area contributed by atoms with E-state index in [-0.39, 0.29) is 15.6 Å². The van der Waals surface area contributed by atoms with Gasteiger partial charge in [-0.25, -0.2) is 18.5 Å². The van der Waals surface area contributed by atoms with Crippen molar-refractivity contribution < 1.29 is 17.2 Å². The quantitative estimate of drug-likeness (QED) is 0.463. The molecular weight excluding hydrogens is 424 g/mol. The number of nitrogens with zero attached hydrogens (tertiary/aromatic N) is 2. The minimum atomic E-state index is -4.03. The molecule has 2 aromatic carbocycles. The molecule has 10 heteroatoms. The van der Waals surface area contributed by atoms with Gasteiger partial charge in [-0.1, -0.05) is 18.2 Å². The van der Waals surface area contributed by atoms with Crippen LogP contribution >= 0.6 is 0 Å². The smallest absolute Gasteiger partial charge is 0.241 e. The number of hydrogen-bond acceptors (Lipinski definition) is 7. The Morgan fingerprint density at radius 3 is 2.47 bits per heavy atom. The first-order valence-corrected chi connectivity index (χ1v) is 11.2. The van der Waals surface area contributed by atoms with E-state index in [2.05, 4.69) is 9.97 Å². The zero-order valence-electron chi connectivity index (χ0n) is 15.3. The molecule has 4 N–H and O–H groups in total. The molecule has 0 bridgehead atoms. The van der Waals surface area contributed by atoms with E-state index in [1.807, 2.05) is 12.1 Å². The van der Waals surface area contributed by atoms with Gasteiger partial charge >= 0.3 is 0 Å². The Morgan fingerprint density at radius 2 is 1.73 bits per heavy atom. The zero-order valence-corrected chi connectivity index (χ0v) is 17.0. The second kappa shape index (κ2) is 7.58. The third kappa shape index (κ3) is 3.81. The highest BCUT2D eigenvalue weighted by Crippen LogP contribution is 2.32. The fourth-order valence-electron chi connectivity index (χ4n) is 3.19. The van der Waals surface area contributed by atoms with E-state index >= 15 is 0 Å². The Labute approximate surface area is 174 Å². The van der Waals surface area contributed by atoms with Gasteiger partial charge in [-0.3, -0.25) is 9.19 Å². The fraction of sp³-hybridized carbons (Fsp3) is 0. The lowest BCUT2D eigenvalue weighted by atomic mass is 9.98. The third-order valence-corrected chi connectivity index (χ3v) is 6.18. The van der Waals surface area contributed by atoms with Crippen molar-refractivity contribution in [3.63, 3.8) is 0 Å². The average molecular weight is 439 g/mol. The van der Waals surface area contributed by atoms with E-state index in [0.717, 1.165) is 10.9 Å². The Hall–Kier alpha value is -3.18. The molecule has 30 heavy (non-hydrogen) atoms. The fourth-order valence-corrected chi connectivity index (χ4v) is 4.23. The first-order chi connectivity index (χ1) is 14.2. The predicted octanol–water partition coefficient (Wildman–Crippen LogP) is 2.43. The van der Waals surface area contributed by atoms with Crippen LogP contribution in [0.3, 0.4) is 0 Å². The Morgan fingerprint density at radius 1 is 0.933 bits per heavy atom. The van der Waals surface area contributed by atoms with Gasteiger partial charge in [-0.15, -0.1) is 0 Å². The van der Waals surface area contributed by atoms with Gasteiger partial charge in [0.15, 0.2) is 0 Å². The van der Waals surface area contributed by atoms with Crippen molar-refractivity contribution in [1.29, 1.82) is 0 Å². The molecule has 2 heterocycles. The summed E-state index contributed by atoms with van der Waals surface area (Å²) < 4.78 is 46.2. The monoisotopic (exact) mass is 439 g/mol. The summed E-state index contributed by atoms with van der Waals surface area (Å²) in [5.74, 6) is -0.174. The highest BCUT2D eigenvalue weighted by atomic mass is 32.2. The van der Waals surface area contributed by atoms with Crippen LogP contribution in [0.1, 0.15) is 0 Å². The normalized spacial score (nSPS) is 12.7. The molecule has 2 aromatic heterocycles.